The minimum atomic E-state index is -2.40. The van der Waals surface area contributed by atoms with Gasteiger partial charge in [0.1, 0.15) is 23.5 Å². The number of allylic oxidation sites excluding steroid dienone is 6. The molecular weight excluding hydrogens is 839 g/mol. The lowest BCUT2D eigenvalue weighted by Crippen LogP contribution is -2.61. The number of carbonyl (C=O) groups excluding carboxylic acids is 5. The van der Waals surface area contributed by atoms with Crippen LogP contribution >= 0.6 is 0 Å². The summed E-state index contributed by atoms with van der Waals surface area (Å²) in [5.41, 5.74) is 0.496. The topological polar surface area (TPSA) is 155 Å². The Morgan fingerprint density at radius 3 is 2.21 bits per heavy atom. The van der Waals surface area contributed by atoms with Gasteiger partial charge in [-0.25, -0.2) is 4.79 Å². The molecule has 0 radical (unpaired) electrons. The van der Waals surface area contributed by atoms with Crippen molar-refractivity contribution in [2.75, 3.05) is 27.9 Å². The first-order chi connectivity index (χ1) is 31.1. The number of fused-ring (bicyclic) bond motifs is 3. The van der Waals surface area contributed by atoms with E-state index >= 15 is 0 Å². The van der Waals surface area contributed by atoms with Crippen molar-refractivity contribution in [3.05, 3.63) is 47.6 Å². The van der Waals surface area contributed by atoms with E-state index in [0.717, 1.165) is 30.4 Å². The largest absolute Gasteiger partial charge is 0.457 e. The van der Waals surface area contributed by atoms with Crippen LogP contribution in [0.25, 0.3) is 0 Å². The Bertz CT molecular complexity index is 1800. The van der Waals surface area contributed by atoms with Crippen molar-refractivity contribution in [3.8, 4) is 0 Å². The predicted molar refractivity (Wildman–Crippen MR) is 256 cm³/mol. The number of nitrogens with zero attached hydrogens (tertiary/aromatic N) is 1. The van der Waals surface area contributed by atoms with Crippen molar-refractivity contribution < 1.29 is 52.8 Å². The number of methoxy groups -OCH3 is 3. The number of piperidine rings is 1. The maximum atomic E-state index is 14.6. The van der Waals surface area contributed by atoms with E-state index in [2.05, 4.69) is 19.9 Å². The number of hydrogen-bond donors (Lipinski definition) is 1. The molecule has 1 N–H and O–H groups in total. The molecule has 4 rings (SSSR count). The molecule has 1 amide bonds. The van der Waals surface area contributed by atoms with Crippen LogP contribution in [-0.4, -0.2) is 109 Å². The van der Waals surface area contributed by atoms with E-state index < -0.39 is 59.1 Å². The van der Waals surface area contributed by atoms with Gasteiger partial charge < -0.3 is 33.7 Å². The van der Waals surface area contributed by atoms with Crippen LogP contribution in [0.5, 0.6) is 0 Å². The molecule has 1 saturated carbocycles. The Morgan fingerprint density at radius 1 is 0.833 bits per heavy atom. The third-order valence-electron chi connectivity index (χ3n) is 15.8. The first-order valence-corrected chi connectivity index (χ1v) is 24.9. The quantitative estimate of drug-likeness (QED) is 0.154. The fourth-order valence-electron chi connectivity index (χ4n) is 10.8. The molecule has 12 heteroatoms. The van der Waals surface area contributed by atoms with Crippen molar-refractivity contribution in [1.29, 1.82) is 0 Å². The number of rotatable bonds is 6. The second-order valence-electron chi connectivity index (χ2n) is 21.0. The zero-order valence-corrected chi connectivity index (χ0v) is 42.6. The molecule has 1 aliphatic carbocycles. The number of hydrogen-bond acceptors (Lipinski definition) is 11. The van der Waals surface area contributed by atoms with E-state index in [-0.39, 0.29) is 72.8 Å². The minimum absolute atomic E-state index is 0.00792. The van der Waals surface area contributed by atoms with Crippen molar-refractivity contribution in [3.63, 3.8) is 0 Å². The molecule has 12 nitrogen and oxygen atoms in total. The van der Waals surface area contributed by atoms with Gasteiger partial charge in [-0.05, 0) is 114 Å². The van der Waals surface area contributed by atoms with Crippen molar-refractivity contribution in [1.82, 2.24) is 4.90 Å². The van der Waals surface area contributed by atoms with Gasteiger partial charge in [-0.1, -0.05) is 90.5 Å². The lowest BCUT2D eigenvalue weighted by Gasteiger charge is -2.43. The molecule has 2 saturated heterocycles. The highest BCUT2D eigenvalue weighted by Crippen LogP contribution is 2.41. The van der Waals surface area contributed by atoms with Gasteiger partial charge in [-0.3, -0.25) is 19.2 Å². The predicted octanol–water partition coefficient (Wildman–Crippen LogP) is 9.12. The molecule has 372 valence electrons. The van der Waals surface area contributed by atoms with Crippen LogP contribution in [0.2, 0.25) is 0 Å². The summed E-state index contributed by atoms with van der Waals surface area (Å²) in [4.78, 5) is 72.9. The molecule has 3 unspecified atom stereocenters. The molecule has 4 aliphatic rings. The van der Waals surface area contributed by atoms with Gasteiger partial charge >= 0.3 is 5.97 Å². The van der Waals surface area contributed by atoms with Crippen molar-refractivity contribution >= 4 is 29.2 Å². The molecular formula is C54H85NO11. The number of aliphatic hydroxyl groups is 1. The van der Waals surface area contributed by atoms with Crippen LogP contribution < -0.4 is 0 Å². The Hall–Kier alpha value is -3.29. The SMILES string of the molecule is CO[C@H]1CC2CC[C@@H](C)[C@@](O)(O2)C(=O)C(=O)N2CCCCC2C(=O)O[C@](C)([C@H](C)CC2CC[C@@H](C)[C@H](OC)C2)CC(=O)[C@H](C)/C=C(\C)[C@@H](C)[C@@H](OC)C(=O)[C@H](C)C[C@H](C)/C=C/C=C/C=C/1C. The van der Waals surface area contributed by atoms with Crippen molar-refractivity contribution in [2.45, 2.75) is 188 Å². The standard InChI is InChI=1S/C54H85NO11/c1-33-19-15-14-16-20-34(2)47(63-12)31-43-25-23-39(7)54(61,65-43)50(58)51(59)55-26-18-17-21-44(55)52(60)66-53(10,40(8)29-42-24-22-35(3)46(30-42)62-11)32-45(56)37(5)28-36(4)41(9)49(64-13)48(57)38(6)27-33/h14-16,19-20,28,33,35,37-44,46-47,49,61H,17-18,21-27,29-32H2,1-13H3/b16-14+,19-15+,34-20+,36-28+/t33-,35-,37-,38-,39-,40-,41-,42?,43?,44?,46-,47+,49-,53+,54-/m1/s1. The minimum Gasteiger partial charge on any atom is -0.457 e. The van der Waals surface area contributed by atoms with Crippen molar-refractivity contribution in [2.24, 2.45) is 47.3 Å². The van der Waals surface area contributed by atoms with Gasteiger partial charge in [-0.2, -0.15) is 0 Å². The van der Waals surface area contributed by atoms with Crippen LogP contribution in [0, 0.1) is 47.3 Å². The number of ether oxygens (including phenoxy) is 5. The number of cyclic esters (lactones) is 1. The number of esters is 1. The Morgan fingerprint density at radius 2 is 1.55 bits per heavy atom. The molecule has 0 aromatic heterocycles. The molecule has 3 heterocycles. The van der Waals surface area contributed by atoms with E-state index in [1.807, 2.05) is 78.8 Å². The van der Waals surface area contributed by atoms with Crippen LogP contribution in [0.15, 0.2) is 47.6 Å². The van der Waals surface area contributed by atoms with Crippen LogP contribution in [0.1, 0.15) is 146 Å². The van der Waals surface area contributed by atoms with Gasteiger partial charge in [0.2, 0.25) is 5.79 Å². The molecule has 3 fully saturated rings. The maximum Gasteiger partial charge on any atom is 0.329 e. The maximum absolute atomic E-state index is 14.6. The number of amides is 1. The summed E-state index contributed by atoms with van der Waals surface area (Å²) in [5, 5.41) is 12.0. The Labute approximate surface area is 396 Å². The molecule has 15 atom stereocenters. The number of ketones is 3. The fourth-order valence-corrected chi connectivity index (χ4v) is 10.8. The second-order valence-corrected chi connectivity index (χ2v) is 21.0. The molecule has 0 aromatic rings. The summed E-state index contributed by atoms with van der Waals surface area (Å²) >= 11 is 0. The highest BCUT2D eigenvalue weighted by molar-refractivity contribution is 6.39. The monoisotopic (exact) mass is 924 g/mol. The highest BCUT2D eigenvalue weighted by atomic mass is 16.6. The summed E-state index contributed by atoms with van der Waals surface area (Å²) in [5.74, 6) is -6.55. The van der Waals surface area contributed by atoms with E-state index in [0.29, 0.717) is 50.9 Å². The molecule has 3 aliphatic heterocycles. The van der Waals surface area contributed by atoms with E-state index in [9.17, 15) is 29.1 Å². The molecule has 0 aromatic carbocycles. The summed E-state index contributed by atoms with van der Waals surface area (Å²) in [6.45, 7) is 19.5. The zero-order valence-electron chi connectivity index (χ0n) is 42.6. The van der Waals surface area contributed by atoms with Crippen LogP contribution in [0.4, 0.5) is 0 Å². The highest BCUT2D eigenvalue weighted by Gasteiger charge is 2.53. The Balaban J connectivity index is 1.73. The molecule has 2 bridgehead atoms. The molecule has 66 heavy (non-hydrogen) atoms. The van der Waals surface area contributed by atoms with E-state index in [1.165, 1.54) is 4.90 Å². The lowest BCUT2D eigenvalue weighted by atomic mass is 9.72. The van der Waals surface area contributed by atoms with Gasteiger partial charge in [0.15, 0.2) is 5.78 Å². The van der Waals surface area contributed by atoms with Gasteiger partial charge in [0.25, 0.3) is 11.7 Å². The van der Waals surface area contributed by atoms with Crippen LogP contribution in [-0.2, 0) is 47.7 Å². The van der Waals surface area contributed by atoms with Gasteiger partial charge in [-0.15, -0.1) is 0 Å². The Kier molecular flexibility index (Phi) is 20.8. The fraction of sp³-hybridized carbons (Fsp3) is 0.759. The average Bonchev–Trinajstić information content (AvgIpc) is 3.28. The normalized spacial score (nSPS) is 41.1. The zero-order chi connectivity index (χ0) is 49.1. The van der Waals surface area contributed by atoms with Gasteiger partial charge in [0, 0.05) is 64.4 Å². The first-order valence-electron chi connectivity index (χ1n) is 24.9. The summed E-state index contributed by atoms with van der Waals surface area (Å²) < 4.78 is 30.3. The third-order valence-corrected chi connectivity index (χ3v) is 15.8. The van der Waals surface area contributed by atoms with Crippen LogP contribution in [0.3, 0.4) is 0 Å². The lowest BCUT2D eigenvalue weighted by molar-refractivity contribution is -0.265. The third kappa shape index (κ3) is 13.9. The van der Waals surface area contributed by atoms with E-state index in [4.69, 9.17) is 23.7 Å². The smallest absolute Gasteiger partial charge is 0.329 e. The second kappa shape index (κ2) is 24.8. The molecule has 0 spiro atoms. The first kappa shape index (κ1) is 55.3. The summed E-state index contributed by atoms with van der Waals surface area (Å²) in [7, 11) is 4.90. The summed E-state index contributed by atoms with van der Waals surface area (Å²) in [6.07, 6.45) is 17.0. The van der Waals surface area contributed by atoms with E-state index in [1.54, 1.807) is 28.3 Å². The van der Waals surface area contributed by atoms with Gasteiger partial charge in [0.05, 0.1) is 18.3 Å². The summed E-state index contributed by atoms with van der Waals surface area (Å²) in [6, 6.07) is -1.09. The number of carbonyl (C=O) groups is 5. The average molecular weight is 924 g/mol. The number of Topliss-reactive ketones (excluding diaryl/α,β-unsaturated/α-hetero) is 3.